The highest BCUT2D eigenvalue weighted by molar-refractivity contribution is 5.95. The summed E-state index contributed by atoms with van der Waals surface area (Å²) < 4.78 is 16.7. The summed E-state index contributed by atoms with van der Waals surface area (Å²) in [4.78, 5) is 13.1. The third-order valence-electron chi connectivity index (χ3n) is 7.40. The number of carbonyl (C=O) groups is 1. The number of methoxy groups -OCH3 is 1. The van der Waals surface area contributed by atoms with Crippen LogP contribution in [-0.2, 0) is 6.61 Å². The monoisotopic (exact) mass is 410 g/mol. The second kappa shape index (κ2) is 7.33. The summed E-state index contributed by atoms with van der Waals surface area (Å²) in [6, 6.07) is 5.41. The molecule has 0 unspecified atom stereocenters. The number of amides is 1. The molecule has 4 aliphatic carbocycles. The van der Waals surface area contributed by atoms with Gasteiger partial charge in [0.25, 0.3) is 5.91 Å². The van der Waals surface area contributed by atoms with E-state index < -0.39 is 0 Å². The Morgan fingerprint density at radius 2 is 1.80 bits per heavy atom. The van der Waals surface area contributed by atoms with E-state index in [-0.39, 0.29) is 11.4 Å². The SMILES string of the molecule is COc1cc(C(=O)NC23CC4CC(CC(C4)C2)C3)ccc1OCc1c(C)noc1C. The lowest BCUT2D eigenvalue weighted by atomic mass is 9.53. The summed E-state index contributed by atoms with van der Waals surface area (Å²) in [7, 11) is 1.60. The van der Waals surface area contributed by atoms with Crippen molar-refractivity contribution in [2.45, 2.75) is 64.5 Å². The maximum Gasteiger partial charge on any atom is 0.251 e. The third-order valence-corrected chi connectivity index (χ3v) is 7.40. The van der Waals surface area contributed by atoms with Gasteiger partial charge in [0.2, 0.25) is 0 Å². The van der Waals surface area contributed by atoms with Crippen LogP contribution in [0.15, 0.2) is 22.7 Å². The average Bonchev–Trinajstić information content (AvgIpc) is 3.02. The molecule has 30 heavy (non-hydrogen) atoms. The van der Waals surface area contributed by atoms with Gasteiger partial charge in [-0.3, -0.25) is 4.79 Å². The molecule has 6 nitrogen and oxygen atoms in total. The molecule has 0 radical (unpaired) electrons. The van der Waals surface area contributed by atoms with Crippen LogP contribution in [0.3, 0.4) is 0 Å². The summed E-state index contributed by atoms with van der Waals surface area (Å²) >= 11 is 0. The summed E-state index contributed by atoms with van der Waals surface area (Å²) in [6.07, 6.45) is 7.50. The fourth-order valence-corrected chi connectivity index (χ4v) is 6.36. The third kappa shape index (κ3) is 3.46. The van der Waals surface area contributed by atoms with Gasteiger partial charge >= 0.3 is 0 Å². The minimum Gasteiger partial charge on any atom is -0.493 e. The predicted octanol–water partition coefficient (Wildman–Crippen LogP) is 4.58. The minimum atomic E-state index is -0.00692. The molecule has 0 spiro atoms. The number of hydrogen-bond donors (Lipinski definition) is 1. The first-order valence-corrected chi connectivity index (χ1v) is 11.0. The smallest absolute Gasteiger partial charge is 0.251 e. The van der Waals surface area contributed by atoms with E-state index >= 15 is 0 Å². The molecule has 0 aliphatic heterocycles. The van der Waals surface area contributed by atoms with E-state index in [2.05, 4.69) is 10.5 Å². The number of ether oxygens (including phenoxy) is 2. The maximum atomic E-state index is 13.1. The van der Waals surface area contributed by atoms with Crippen molar-refractivity contribution < 1.29 is 18.8 Å². The molecule has 1 aromatic carbocycles. The summed E-state index contributed by atoms with van der Waals surface area (Å²) in [5.41, 5.74) is 2.36. The molecule has 4 fully saturated rings. The molecule has 0 atom stereocenters. The van der Waals surface area contributed by atoms with Crippen molar-refractivity contribution in [1.29, 1.82) is 0 Å². The largest absolute Gasteiger partial charge is 0.493 e. The maximum absolute atomic E-state index is 13.1. The van der Waals surface area contributed by atoms with E-state index in [9.17, 15) is 4.79 Å². The summed E-state index contributed by atoms with van der Waals surface area (Å²) in [6.45, 7) is 4.11. The van der Waals surface area contributed by atoms with Crippen LogP contribution in [0.2, 0.25) is 0 Å². The van der Waals surface area contributed by atoms with Crippen LogP contribution in [0.1, 0.15) is 65.9 Å². The van der Waals surface area contributed by atoms with Gasteiger partial charge < -0.3 is 19.3 Å². The van der Waals surface area contributed by atoms with E-state index in [1.54, 1.807) is 13.2 Å². The molecule has 0 saturated heterocycles. The van der Waals surface area contributed by atoms with Crippen molar-refractivity contribution >= 4 is 5.91 Å². The number of rotatable bonds is 6. The number of nitrogens with zero attached hydrogens (tertiary/aromatic N) is 1. The Labute approximate surface area is 177 Å². The molecular formula is C24H30N2O4. The second-order valence-electron chi connectivity index (χ2n) is 9.61. The molecule has 1 amide bonds. The van der Waals surface area contributed by atoms with E-state index in [4.69, 9.17) is 14.0 Å². The highest BCUT2D eigenvalue weighted by Gasteiger charge is 2.51. The van der Waals surface area contributed by atoms with E-state index in [0.29, 0.717) is 23.7 Å². The van der Waals surface area contributed by atoms with Gasteiger partial charge in [-0.15, -0.1) is 0 Å². The number of aromatic nitrogens is 1. The Hall–Kier alpha value is -2.50. The summed E-state index contributed by atoms with van der Waals surface area (Å²) in [5.74, 6) is 4.29. The fraction of sp³-hybridized carbons (Fsp3) is 0.583. The van der Waals surface area contributed by atoms with Gasteiger partial charge in [-0.25, -0.2) is 0 Å². The Morgan fingerprint density at radius 3 is 2.37 bits per heavy atom. The molecule has 1 N–H and O–H groups in total. The zero-order chi connectivity index (χ0) is 20.9. The van der Waals surface area contributed by atoms with Gasteiger partial charge in [-0.2, -0.15) is 0 Å². The van der Waals surface area contributed by atoms with Crippen LogP contribution in [0.5, 0.6) is 11.5 Å². The van der Waals surface area contributed by atoms with Crippen molar-refractivity contribution in [2.75, 3.05) is 7.11 Å². The first-order valence-electron chi connectivity index (χ1n) is 11.0. The van der Waals surface area contributed by atoms with Gasteiger partial charge in [0.05, 0.1) is 18.4 Å². The first kappa shape index (κ1) is 19.5. The van der Waals surface area contributed by atoms with Crippen LogP contribution < -0.4 is 14.8 Å². The zero-order valence-corrected chi connectivity index (χ0v) is 18.0. The van der Waals surface area contributed by atoms with Gasteiger partial charge in [0.15, 0.2) is 11.5 Å². The molecule has 4 bridgehead atoms. The van der Waals surface area contributed by atoms with Crippen molar-refractivity contribution in [3.8, 4) is 11.5 Å². The highest BCUT2D eigenvalue weighted by Crippen LogP contribution is 2.55. The molecule has 6 rings (SSSR count). The van der Waals surface area contributed by atoms with E-state index in [1.165, 1.54) is 19.3 Å². The van der Waals surface area contributed by atoms with E-state index in [0.717, 1.165) is 54.0 Å². The topological polar surface area (TPSA) is 73.6 Å². The lowest BCUT2D eigenvalue weighted by molar-refractivity contribution is -0.0167. The van der Waals surface area contributed by atoms with Crippen molar-refractivity contribution in [2.24, 2.45) is 17.8 Å². The van der Waals surface area contributed by atoms with Crippen LogP contribution in [-0.4, -0.2) is 23.7 Å². The molecule has 4 aliphatic rings. The zero-order valence-electron chi connectivity index (χ0n) is 18.0. The Balaban J connectivity index is 1.30. The fourth-order valence-electron chi connectivity index (χ4n) is 6.36. The standard InChI is InChI=1S/C24H30N2O4/c1-14-20(15(2)30-26-14)13-29-21-5-4-19(9-22(21)28-3)23(27)25-24-10-16-6-17(11-24)8-18(7-16)12-24/h4-5,9,16-18H,6-8,10-13H2,1-3H3,(H,25,27). The molecule has 160 valence electrons. The van der Waals surface area contributed by atoms with Crippen molar-refractivity contribution in [1.82, 2.24) is 10.5 Å². The predicted molar refractivity (Wildman–Crippen MR) is 112 cm³/mol. The lowest BCUT2D eigenvalue weighted by Crippen LogP contribution is -2.59. The van der Waals surface area contributed by atoms with Gasteiger partial charge in [-0.05, 0) is 88.3 Å². The first-order chi connectivity index (χ1) is 14.4. The van der Waals surface area contributed by atoms with Gasteiger partial charge in [-0.1, -0.05) is 5.16 Å². The van der Waals surface area contributed by atoms with Crippen molar-refractivity contribution in [3.63, 3.8) is 0 Å². The minimum absolute atomic E-state index is 0.00240. The number of benzene rings is 1. The molecule has 4 saturated carbocycles. The van der Waals surface area contributed by atoms with Crippen molar-refractivity contribution in [3.05, 3.63) is 40.8 Å². The molecule has 1 aromatic heterocycles. The van der Waals surface area contributed by atoms with Crippen LogP contribution >= 0.6 is 0 Å². The second-order valence-corrected chi connectivity index (χ2v) is 9.61. The number of nitrogens with one attached hydrogen (secondary N) is 1. The quantitative estimate of drug-likeness (QED) is 0.755. The molecular weight excluding hydrogens is 380 g/mol. The Bertz CT molecular complexity index is 909. The van der Waals surface area contributed by atoms with Gasteiger partial charge in [0.1, 0.15) is 12.4 Å². The van der Waals surface area contributed by atoms with Crippen LogP contribution in [0.25, 0.3) is 0 Å². The van der Waals surface area contributed by atoms with Gasteiger partial charge in [0, 0.05) is 11.1 Å². The number of hydrogen-bond acceptors (Lipinski definition) is 5. The number of carbonyl (C=O) groups excluding carboxylic acids is 1. The Morgan fingerprint density at radius 1 is 1.13 bits per heavy atom. The molecule has 2 aromatic rings. The highest BCUT2D eigenvalue weighted by atomic mass is 16.5. The molecule has 6 heteroatoms. The molecule has 1 heterocycles. The summed E-state index contributed by atoms with van der Waals surface area (Å²) in [5, 5.41) is 7.38. The normalized spacial score (nSPS) is 29.1. The number of aryl methyl sites for hydroxylation is 2. The van der Waals surface area contributed by atoms with E-state index in [1.807, 2.05) is 26.0 Å². The average molecular weight is 411 g/mol. The van der Waals surface area contributed by atoms with Crippen LogP contribution in [0.4, 0.5) is 0 Å². The lowest BCUT2D eigenvalue weighted by Gasteiger charge is -2.56. The Kier molecular flexibility index (Phi) is 4.75. The van der Waals surface area contributed by atoms with Crippen LogP contribution in [0, 0.1) is 31.6 Å².